The number of nitriles is 1. The second-order valence-corrected chi connectivity index (χ2v) is 6.56. The summed E-state index contributed by atoms with van der Waals surface area (Å²) in [6, 6.07) is 9.29. The zero-order chi connectivity index (χ0) is 15.3. The molecule has 0 atom stereocenters. The van der Waals surface area contributed by atoms with Gasteiger partial charge >= 0.3 is 0 Å². The van der Waals surface area contributed by atoms with E-state index in [1.165, 1.54) is 0 Å². The summed E-state index contributed by atoms with van der Waals surface area (Å²) in [6.07, 6.45) is 3.36. The van der Waals surface area contributed by atoms with Crippen molar-refractivity contribution >= 4 is 29.3 Å². The van der Waals surface area contributed by atoms with Gasteiger partial charge in [-0.2, -0.15) is 5.26 Å². The molecule has 0 unspecified atom stereocenters. The lowest BCUT2D eigenvalue weighted by Gasteiger charge is -2.36. The van der Waals surface area contributed by atoms with E-state index in [0.717, 1.165) is 0 Å². The van der Waals surface area contributed by atoms with E-state index < -0.39 is 0 Å². The first-order valence-electron chi connectivity index (χ1n) is 6.71. The Balaban J connectivity index is 1.83. The number of carbonyl (C=O) groups excluding carboxylic acids is 1. The minimum Gasteiger partial charge on any atom is -0.484 e. The Morgan fingerprint density at radius 2 is 2.05 bits per heavy atom. The summed E-state index contributed by atoms with van der Waals surface area (Å²) < 4.78 is 5.12. The van der Waals surface area contributed by atoms with E-state index in [0.29, 0.717) is 36.7 Å². The van der Waals surface area contributed by atoms with Gasteiger partial charge in [0.15, 0.2) is 6.61 Å². The highest BCUT2D eigenvalue weighted by molar-refractivity contribution is 8.00. The van der Waals surface area contributed by atoms with Crippen molar-refractivity contribution in [2.75, 3.05) is 26.0 Å². The fourth-order valence-corrected chi connectivity index (χ4v) is 3.05. The van der Waals surface area contributed by atoms with Gasteiger partial charge in [0.05, 0.1) is 6.07 Å². The largest absolute Gasteiger partial charge is 0.484 e. The zero-order valence-corrected chi connectivity index (χ0v) is 13.4. The maximum Gasteiger partial charge on any atom is 0.260 e. The number of hydrogen-bond acceptors (Lipinski definition) is 4. The van der Waals surface area contributed by atoms with Gasteiger partial charge in [0, 0.05) is 18.1 Å². The van der Waals surface area contributed by atoms with Gasteiger partial charge in [-0.1, -0.05) is 11.6 Å². The number of hydrogen-bond donors (Lipinski definition) is 0. The van der Waals surface area contributed by atoms with Crippen molar-refractivity contribution in [3.63, 3.8) is 0 Å². The summed E-state index contributed by atoms with van der Waals surface area (Å²) in [6.45, 7) is 1.23. The Kier molecular flexibility index (Phi) is 5.38. The molecule has 0 aliphatic carbocycles. The van der Waals surface area contributed by atoms with Crippen LogP contribution < -0.4 is 4.74 Å². The lowest BCUT2D eigenvalue weighted by Crippen LogP contribution is -2.46. The third-order valence-electron chi connectivity index (χ3n) is 3.69. The number of rotatable bonds is 4. The van der Waals surface area contributed by atoms with Crippen molar-refractivity contribution in [2.24, 2.45) is 0 Å². The maximum atomic E-state index is 12.1. The van der Waals surface area contributed by atoms with Crippen molar-refractivity contribution in [1.29, 1.82) is 5.26 Å². The number of ether oxygens (including phenoxy) is 1. The smallest absolute Gasteiger partial charge is 0.260 e. The van der Waals surface area contributed by atoms with Crippen LogP contribution in [-0.4, -0.2) is 41.5 Å². The highest BCUT2D eigenvalue weighted by atomic mass is 35.5. The summed E-state index contributed by atoms with van der Waals surface area (Å²) in [5, 5.41) is 9.86. The Morgan fingerprint density at radius 3 is 2.57 bits per heavy atom. The molecule has 0 N–H and O–H groups in total. The van der Waals surface area contributed by atoms with Gasteiger partial charge in [-0.05, 0) is 43.4 Å². The average molecular weight is 325 g/mol. The summed E-state index contributed by atoms with van der Waals surface area (Å²) in [7, 11) is 0. The number of carbonyl (C=O) groups is 1. The fraction of sp³-hybridized carbons (Fsp3) is 0.467. The number of halogens is 1. The van der Waals surface area contributed by atoms with E-state index in [4.69, 9.17) is 16.3 Å². The van der Waals surface area contributed by atoms with Crippen molar-refractivity contribution in [3.8, 4) is 11.8 Å². The molecule has 4 nitrogen and oxygen atoms in total. The van der Waals surface area contributed by atoms with Crippen LogP contribution in [0.5, 0.6) is 5.75 Å². The molecule has 1 saturated heterocycles. The topological polar surface area (TPSA) is 53.3 Å². The van der Waals surface area contributed by atoms with E-state index in [1.54, 1.807) is 40.9 Å². The van der Waals surface area contributed by atoms with Crippen LogP contribution in [0, 0.1) is 11.3 Å². The Hall–Kier alpha value is -1.38. The summed E-state index contributed by atoms with van der Waals surface area (Å²) in [5.74, 6) is 0.581. The van der Waals surface area contributed by atoms with Crippen LogP contribution in [0.25, 0.3) is 0 Å². The van der Waals surface area contributed by atoms with Gasteiger partial charge in [0.25, 0.3) is 5.91 Å². The molecule has 1 aromatic rings. The number of thioether (sulfide) groups is 1. The third kappa shape index (κ3) is 4.05. The van der Waals surface area contributed by atoms with Crippen LogP contribution in [0.3, 0.4) is 0 Å². The fourth-order valence-electron chi connectivity index (χ4n) is 2.25. The molecule has 0 saturated carbocycles. The highest BCUT2D eigenvalue weighted by Crippen LogP contribution is 2.33. The summed E-state index contributed by atoms with van der Waals surface area (Å²) in [5.41, 5.74) is 0. The van der Waals surface area contributed by atoms with Gasteiger partial charge < -0.3 is 9.64 Å². The Morgan fingerprint density at radius 1 is 1.43 bits per heavy atom. The number of piperidine rings is 1. The predicted octanol–water partition coefficient (Wildman–Crippen LogP) is 2.97. The van der Waals surface area contributed by atoms with Crippen molar-refractivity contribution in [3.05, 3.63) is 29.3 Å². The van der Waals surface area contributed by atoms with E-state index in [9.17, 15) is 10.1 Å². The second-order valence-electron chi connectivity index (χ2n) is 4.93. The number of amides is 1. The number of benzene rings is 1. The molecule has 2 rings (SSSR count). The van der Waals surface area contributed by atoms with Gasteiger partial charge in [-0.3, -0.25) is 4.79 Å². The van der Waals surface area contributed by atoms with Gasteiger partial charge in [-0.25, -0.2) is 0 Å². The standard InChI is InChI=1S/C15H17ClN2O2S/c1-21-15(11-17)6-8-18(9-7-15)14(19)10-20-13-4-2-12(16)3-5-13/h2-5H,6-10H2,1H3. The molecular weight excluding hydrogens is 308 g/mol. The minimum absolute atomic E-state index is 0.0143. The molecule has 21 heavy (non-hydrogen) atoms. The first kappa shape index (κ1) is 16.0. The van der Waals surface area contributed by atoms with Crippen LogP contribution in [0.2, 0.25) is 5.02 Å². The minimum atomic E-state index is -0.339. The summed E-state index contributed by atoms with van der Waals surface area (Å²) >= 11 is 7.37. The molecule has 1 aliphatic rings. The molecule has 0 bridgehead atoms. The van der Waals surface area contributed by atoms with Crippen LogP contribution >= 0.6 is 23.4 Å². The van der Waals surface area contributed by atoms with Crippen molar-refractivity contribution < 1.29 is 9.53 Å². The number of nitrogens with zero attached hydrogens (tertiary/aromatic N) is 2. The Bertz CT molecular complexity index is 534. The lowest BCUT2D eigenvalue weighted by molar-refractivity contribution is -0.134. The molecule has 1 aliphatic heterocycles. The van der Waals surface area contributed by atoms with Crippen molar-refractivity contribution in [1.82, 2.24) is 4.90 Å². The van der Waals surface area contributed by atoms with Crippen LogP contribution in [-0.2, 0) is 4.79 Å². The highest BCUT2D eigenvalue weighted by Gasteiger charge is 2.35. The van der Waals surface area contributed by atoms with Crippen molar-refractivity contribution in [2.45, 2.75) is 17.6 Å². The third-order valence-corrected chi connectivity index (χ3v) is 5.23. The molecule has 0 radical (unpaired) electrons. The van der Waals surface area contributed by atoms with E-state index in [-0.39, 0.29) is 17.3 Å². The van der Waals surface area contributed by atoms with Crippen LogP contribution in [0.1, 0.15) is 12.8 Å². The van der Waals surface area contributed by atoms with E-state index in [2.05, 4.69) is 6.07 Å². The van der Waals surface area contributed by atoms with Gasteiger partial charge in [0.2, 0.25) is 0 Å². The molecule has 1 aromatic carbocycles. The first-order valence-corrected chi connectivity index (χ1v) is 8.31. The van der Waals surface area contributed by atoms with Crippen LogP contribution in [0.15, 0.2) is 24.3 Å². The molecule has 0 aromatic heterocycles. The predicted molar refractivity (Wildman–Crippen MR) is 84.6 cm³/mol. The lowest BCUT2D eigenvalue weighted by atomic mass is 9.97. The van der Waals surface area contributed by atoms with Crippen LogP contribution in [0.4, 0.5) is 0 Å². The summed E-state index contributed by atoms with van der Waals surface area (Å²) in [4.78, 5) is 13.9. The normalized spacial score (nSPS) is 17.1. The molecule has 6 heteroatoms. The molecule has 1 heterocycles. The molecular formula is C15H17ClN2O2S. The molecule has 0 spiro atoms. The van der Waals surface area contributed by atoms with Gasteiger partial charge in [0.1, 0.15) is 10.5 Å². The molecule has 1 amide bonds. The maximum absolute atomic E-state index is 12.1. The monoisotopic (exact) mass is 324 g/mol. The molecule has 1 fully saturated rings. The first-order chi connectivity index (χ1) is 10.1. The van der Waals surface area contributed by atoms with Gasteiger partial charge in [-0.15, -0.1) is 11.8 Å². The van der Waals surface area contributed by atoms with E-state index in [1.807, 2.05) is 6.26 Å². The average Bonchev–Trinajstić information content (AvgIpc) is 2.54. The zero-order valence-electron chi connectivity index (χ0n) is 11.8. The second kappa shape index (κ2) is 7.06. The quantitative estimate of drug-likeness (QED) is 0.854. The SMILES string of the molecule is CSC1(C#N)CCN(C(=O)COc2ccc(Cl)cc2)CC1. The number of likely N-dealkylation sites (tertiary alicyclic amines) is 1. The Labute approximate surface area is 134 Å². The van der Waals surface area contributed by atoms with E-state index >= 15 is 0 Å². The molecule has 112 valence electrons.